The second-order valence-corrected chi connectivity index (χ2v) is 12.0. The minimum absolute atomic E-state index is 0.0831. The van der Waals surface area contributed by atoms with Crippen LogP contribution in [0.1, 0.15) is 47.6 Å². The molecule has 6 rings (SSSR count). The van der Waals surface area contributed by atoms with E-state index in [1.54, 1.807) is 12.5 Å². The maximum Gasteiger partial charge on any atom is 0.131 e. The predicted octanol–water partition coefficient (Wildman–Crippen LogP) is 7.95. The van der Waals surface area contributed by atoms with E-state index in [1.165, 1.54) is 0 Å². The molecule has 2 aromatic heterocycles. The van der Waals surface area contributed by atoms with Crippen LogP contribution in [0, 0.1) is 0 Å². The summed E-state index contributed by atoms with van der Waals surface area (Å²) in [6.45, 7) is 4.23. The highest BCUT2D eigenvalue weighted by molar-refractivity contribution is 6.74. The van der Waals surface area contributed by atoms with Crippen molar-refractivity contribution in [2.24, 2.45) is 0 Å². The van der Waals surface area contributed by atoms with Crippen LogP contribution in [0.3, 0.4) is 0 Å². The first-order valence-electron chi connectivity index (χ1n) is 10.8. The van der Waals surface area contributed by atoms with Crippen LogP contribution in [-0.2, 0) is 8.99 Å². The molecule has 0 amide bonds. The first kappa shape index (κ1) is 20.9. The van der Waals surface area contributed by atoms with Crippen molar-refractivity contribution in [3.63, 3.8) is 0 Å². The molecule has 33 heavy (non-hydrogen) atoms. The average Bonchev–Trinajstić information content (AvgIpc) is 3.59. The summed E-state index contributed by atoms with van der Waals surface area (Å²) in [5.41, 5.74) is 8.61. The number of fused-ring (bicyclic) bond motifs is 2. The summed E-state index contributed by atoms with van der Waals surface area (Å²) in [6, 6.07) is 24.4. The largest absolute Gasteiger partial charge is 0.465 e. The Morgan fingerprint density at radius 1 is 0.606 bits per heavy atom. The van der Waals surface area contributed by atoms with Gasteiger partial charge in [0.1, 0.15) is 21.0 Å². The second kappa shape index (κ2) is 7.39. The third kappa shape index (κ3) is 2.86. The van der Waals surface area contributed by atoms with Gasteiger partial charge in [-0.05, 0) is 71.5 Å². The molecule has 0 spiro atoms. The molecule has 2 heterocycles. The highest BCUT2D eigenvalue weighted by atomic mass is 35.5. The molecule has 2 unspecified atom stereocenters. The van der Waals surface area contributed by atoms with Gasteiger partial charge >= 0.3 is 0 Å². The Balaban J connectivity index is 1.60. The van der Waals surface area contributed by atoms with E-state index in [0.29, 0.717) is 0 Å². The normalized spacial score (nSPS) is 23.9. The number of hydrogen-bond acceptors (Lipinski definition) is 2. The fraction of sp³-hybridized carbons (Fsp3) is 0.143. The highest BCUT2D eigenvalue weighted by Gasteiger charge is 2.55. The smallest absolute Gasteiger partial charge is 0.131 e. The average molecular weight is 487 g/mol. The lowest BCUT2D eigenvalue weighted by Crippen LogP contribution is -2.40. The van der Waals surface area contributed by atoms with Crippen molar-refractivity contribution in [3.05, 3.63) is 119 Å². The third-order valence-electron chi connectivity index (χ3n) is 6.72. The lowest BCUT2D eigenvalue weighted by Gasteiger charge is -2.35. The van der Waals surface area contributed by atoms with Crippen molar-refractivity contribution in [3.8, 4) is 0 Å². The van der Waals surface area contributed by atoms with Crippen LogP contribution in [-0.4, -0.2) is 9.52 Å². The fourth-order valence-corrected chi connectivity index (χ4v) is 9.17. The van der Waals surface area contributed by atoms with Crippen molar-refractivity contribution in [2.75, 3.05) is 0 Å². The van der Waals surface area contributed by atoms with Crippen LogP contribution in [0.4, 0.5) is 0 Å². The minimum atomic E-state index is -0.851. The molecule has 2 atom stereocenters. The standard InChI is InChI=1S/C28H20Cl2O2Si/c1-17-19-9-3-5-11-21(19)27(29,25(17)23-13-7-15-31-23)33-28(30)22-12-6-4-10-20(22)18(2)26(28)24-14-8-16-32-24/h3-16H,1-2H3. The molecule has 0 aliphatic heterocycles. The van der Waals surface area contributed by atoms with Gasteiger partial charge in [0.15, 0.2) is 0 Å². The van der Waals surface area contributed by atoms with Crippen LogP contribution in [0.5, 0.6) is 0 Å². The van der Waals surface area contributed by atoms with E-state index < -0.39 is 8.99 Å². The van der Waals surface area contributed by atoms with E-state index in [1.807, 2.05) is 48.5 Å². The molecule has 2 aliphatic carbocycles. The van der Waals surface area contributed by atoms with Crippen molar-refractivity contribution >= 4 is 55.0 Å². The van der Waals surface area contributed by atoms with E-state index >= 15 is 0 Å². The minimum Gasteiger partial charge on any atom is -0.465 e. The monoisotopic (exact) mass is 486 g/mol. The molecule has 0 saturated carbocycles. The van der Waals surface area contributed by atoms with Gasteiger partial charge < -0.3 is 8.83 Å². The molecule has 2 nitrogen and oxygen atoms in total. The number of alkyl halides is 2. The Bertz CT molecular complexity index is 1320. The molecular formula is C28H20Cl2O2Si. The molecular weight excluding hydrogens is 467 g/mol. The van der Waals surface area contributed by atoms with E-state index in [-0.39, 0.29) is 9.52 Å². The molecule has 0 N–H and O–H groups in total. The van der Waals surface area contributed by atoms with Crippen LogP contribution in [0.25, 0.3) is 22.3 Å². The summed E-state index contributed by atoms with van der Waals surface area (Å²) >= 11 is 15.4. The van der Waals surface area contributed by atoms with Crippen LogP contribution < -0.4 is 0 Å². The third-order valence-corrected chi connectivity index (χ3v) is 9.80. The number of allylic oxidation sites excluding steroid dienone is 4. The maximum absolute atomic E-state index is 7.72. The van der Waals surface area contributed by atoms with Gasteiger partial charge in [-0.2, -0.15) is 0 Å². The Hall–Kier alpha value is -2.72. The van der Waals surface area contributed by atoms with Crippen molar-refractivity contribution in [2.45, 2.75) is 22.8 Å². The van der Waals surface area contributed by atoms with Crippen LogP contribution in [0.2, 0.25) is 0 Å². The maximum atomic E-state index is 7.72. The Morgan fingerprint density at radius 2 is 1.03 bits per heavy atom. The van der Waals surface area contributed by atoms with Crippen molar-refractivity contribution in [1.82, 2.24) is 0 Å². The lowest BCUT2D eigenvalue weighted by molar-refractivity contribution is 0.549. The summed E-state index contributed by atoms with van der Waals surface area (Å²) in [4.78, 5) is 0. The number of halogens is 2. The van der Waals surface area contributed by atoms with Crippen molar-refractivity contribution in [1.29, 1.82) is 0 Å². The molecule has 0 bridgehead atoms. The summed E-state index contributed by atoms with van der Waals surface area (Å²) in [7, 11) is 0.0831. The number of furan rings is 2. The van der Waals surface area contributed by atoms with Gasteiger partial charge in [0.05, 0.1) is 21.5 Å². The zero-order chi connectivity index (χ0) is 22.8. The molecule has 5 heteroatoms. The zero-order valence-electron chi connectivity index (χ0n) is 18.2. The van der Waals surface area contributed by atoms with Gasteiger partial charge in [-0.3, -0.25) is 0 Å². The van der Waals surface area contributed by atoms with Crippen molar-refractivity contribution < 1.29 is 8.83 Å². The van der Waals surface area contributed by atoms with Crippen LogP contribution >= 0.6 is 23.2 Å². The fourth-order valence-electron chi connectivity index (χ4n) is 5.32. The van der Waals surface area contributed by atoms with Crippen LogP contribution in [0.15, 0.2) is 94.2 Å². The Morgan fingerprint density at radius 3 is 1.42 bits per heavy atom. The lowest BCUT2D eigenvalue weighted by atomic mass is 10.1. The number of benzene rings is 2. The number of hydrogen-bond donors (Lipinski definition) is 0. The highest BCUT2D eigenvalue weighted by Crippen LogP contribution is 2.60. The van der Waals surface area contributed by atoms with E-state index in [4.69, 9.17) is 32.0 Å². The first-order chi connectivity index (χ1) is 15.9. The van der Waals surface area contributed by atoms with Gasteiger partial charge in [0, 0.05) is 11.1 Å². The Labute approximate surface area is 205 Å². The Kier molecular flexibility index (Phi) is 4.67. The quantitative estimate of drug-likeness (QED) is 0.216. The molecule has 4 aromatic rings. The van der Waals surface area contributed by atoms with Gasteiger partial charge in [-0.1, -0.05) is 48.5 Å². The van der Waals surface area contributed by atoms with E-state index in [0.717, 1.165) is 56.1 Å². The first-order valence-corrected chi connectivity index (χ1v) is 12.6. The summed E-state index contributed by atoms with van der Waals surface area (Å²) < 4.78 is 10.1. The number of rotatable bonds is 4. The molecule has 162 valence electrons. The van der Waals surface area contributed by atoms with Gasteiger partial charge in [0.25, 0.3) is 0 Å². The van der Waals surface area contributed by atoms with E-state index in [2.05, 4.69) is 38.1 Å². The summed E-state index contributed by atoms with van der Waals surface area (Å²) in [5.74, 6) is 1.55. The molecule has 0 saturated heterocycles. The second-order valence-electron chi connectivity index (χ2n) is 8.49. The van der Waals surface area contributed by atoms with Gasteiger partial charge in [-0.15, -0.1) is 23.2 Å². The molecule has 2 aliphatic rings. The molecule has 2 radical (unpaired) electrons. The summed E-state index contributed by atoms with van der Waals surface area (Å²) in [6.07, 6.45) is 3.39. The van der Waals surface area contributed by atoms with Gasteiger partial charge in [0.2, 0.25) is 0 Å². The molecule has 2 aromatic carbocycles. The zero-order valence-corrected chi connectivity index (χ0v) is 20.7. The molecule has 0 fully saturated rings. The van der Waals surface area contributed by atoms with E-state index in [9.17, 15) is 0 Å². The summed E-state index contributed by atoms with van der Waals surface area (Å²) in [5, 5.41) is 0. The topological polar surface area (TPSA) is 26.3 Å². The van der Waals surface area contributed by atoms with Gasteiger partial charge in [-0.25, -0.2) is 0 Å². The SMILES string of the molecule is CC1=C(c2ccco2)C(Cl)([Si]C2(Cl)C(c3ccco3)=C(C)c3ccccc32)c2ccccc21. The predicted molar refractivity (Wildman–Crippen MR) is 136 cm³/mol.